The molecular weight excluding hydrogens is 262 g/mol. The lowest BCUT2D eigenvalue weighted by molar-refractivity contribution is 0.625. The van der Waals surface area contributed by atoms with Gasteiger partial charge in [0.05, 0.1) is 0 Å². The molecule has 4 heteroatoms. The Balaban J connectivity index is 2.05. The molecule has 0 bridgehead atoms. The van der Waals surface area contributed by atoms with Crippen LogP contribution in [-0.2, 0) is 0 Å². The van der Waals surface area contributed by atoms with Gasteiger partial charge in [-0.1, -0.05) is 42.5 Å². The first-order valence-electron chi connectivity index (χ1n) is 6.74. The zero-order chi connectivity index (χ0) is 14.4. The third-order valence-corrected chi connectivity index (χ3v) is 3.69. The highest BCUT2D eigenvalue weighted by molar-refractivity contribution is 6.00. The summed E-state index contributed by atoms with van der Waals surface area (Å²) in [6.07, 6.45) is 0. The van der Waals surface area contributed by atoms with Gasteiger partial charge in [-0.3, -0.25) is 0 Å². The molecule has 21 heavy (non-hydrogen) atoms. The lowest BCUT2D eigenvalue weighted by Crippen LogP contribution is -1.96. The highest BCUT2D eigenvalue weighted by Gasteiger charge is 2.14. The molecule has 0 aliphatic rings. The first-order chi connectivity index (χ1) is 10.2. The summed E-state index contributed by atoms with van der Waals surface area (Å²) in [7, 11) is 0. The molecule has 4 nitrogen and oxygen atoms in total. The Morgan fingerprint density at radius 1 is 0.952 bits per heavy atom. The number of rotatable bonds is 1. The van der Waals surface area contributed by atoms with Crippen molar-refractivity contribution in [2.45, 2.75) is 6.92 Å². The van der Waals surface area contributed by atoms with Crippen molar-refractivity contribution in [3.63, 3.8) is 0 Å². The zero-order valence-electron chi connectivity index (χ0n) is 11.5. The van der Waals surface area contributed by atoms with E-state index in [4.69, 9.17) is 10.2 Å². The highest BCUT2D eigenvalue weighted by Crippen LogP contribution is 2.33. The second-order valence-electron chi connectivity index (χ2n) is 5.08. The molecule has 4 rings (SSSR count). The van der Waals surface area contributed by atoms with Gasteiger partial charge in [-0.2, -0.15) is 0 Å². The molecule has 0 spiro atoms. The van der Waals surface area contributed by atoms with Crippen molar-refractivity contribution in [3.8, 4) is 11.5 Å². The Labute approximate surface area is 121 Å². The molecule has 2 aromatic heterocycles. The molecule has 4 aromatic rings. The number of nitrogens with zero attached hydrogens (tertiary/aromatic N) is 2. The number of anilines is 1. The molecule has 2 N–H and O–H groups in total. The second kappa shape index (κ2) is 4.31. The van der Waals surface area contributed by atoms with E-state index in [1.54, 1.807) is 0 Å². The number of nitrogen functional groups attached to an aromatic ring is 1. The Morgan fingerprint density at radius 3 is 2.57 bits per heavy atom. The van der Waals surface area contributed by atoms with Crippen LogP contribution in [0.1, 0.15) is 5.56 Å². The quantitative estimate of drug-likeness (QED) is 0.571. The van der Waals surface area contributed by atoms with Crippen molar-refractivity contribution in [2.24, 2.45) is 0 Å². The van der Waals surface area contributed by atoms with Crippen LogP contribution in [0.3, 0.4) is 0 Å². The van der Waals surface area contributed by atoms with Crippen molar-refractivity contribution in [2.75, 3.05) is 5.73 Å². The van der Waals surface area contributed by atoms with Crippen LogP contribution >= 0.6 is 0 Å². The summed E-state index contributed by atoms with van der Waals surface area (Å²) in [4.78, 5) is 0. The van der Waals surface area contributed by atoms with Crippen LogP contribution in [0.25, 0.3) is 33.2 Å². The van der Waals surface area contributed by atoms with Crippen LogP contribution in [0.5, 0.6) is 0 Å². The summed E-state index contributed by atoms with van der Waals surface area (Å²) in [6, 6.07) is 15.9. The fourth-order valence-electron chi connectivity index (χ4n) is 2.63. The monoisotopic (exact) mass is 275 g/mol. The fraction of sp³-hybridized carbons (Fsp3) is 0.0588. The van der Waals surface area contributed by atoms with E-state index < -0.39 is 0 Å². The number of para-hydroxylation sites is 1. The van der Waals surface area contributed by atoms with Crippen LogP contribution in [0.4, 0.5) is 5.82 Å². The van der Waals surface area contributed by atoms with Crippen LogP contribution in [0.2, 0.25) is 0 Å². The SMILES string of the molecule is Cc1cccc2cc(-c3nnc(N)c4ccccc34)oc12. The average molecular weight is 275 g/mol. The van der Waals surface area contributed by atoms with Crippen molar-refractivity contribution < 1.29 is 4.42 Å². The molecule has 2 heterocycles. The predicted octanol–water partition coefficient (Wildman–Crippen LogP) is 3.93. The van der Waals surface area contributed by atoms with E-state index in [0.29, 0.717) is 11.6 Å². The minimum Gasteiger partial charge on any atom is -0.454 e. The van der Waals surface area contributed by atoms with Gasteiger partial charge >= 0.3 is 0 Å². The van der Waals surface area contributed by atoms with Crippen molar-refractivity contribution >= 4 is 27.6 Å². The van der Waals surface area contributed by atoms with Crippen LogP contribution in [-0.4, -0.2) is 10.2 Å². The summed E-state index contributed by atoms with van der Waals surface area (Å²) >= 11 is 0. The topological polar surface area (TPSA) is 64.9 Å². The summed E-state index contributed by atoms with van der Waals surface area (Å²) < 4.78 is 5.99. The van der Waals surface area contributed by atoms with E-state index in [2.05, 4.69) is 10.2 Å². The summed E-state index contributed by atoms with van der Waals surface area (Å²) in [5.41, 5.74) is 8.60. The van der Waals surface area contributed by atoms with E-state index in [0.717, 1.165) is 33.0 Å². The van der Waals surface area contributed by atoms with Crippen LogP contribution in [0.15, 0.2) is 52.9 Å². The summed E-state index contributed by atoms with van der Waals surface area (Å²) in [6.45, 7) is 2.03. The van der Waals surface area contributed by atoms with E-state index in [1.807, 2.05) is 55.5 Å². The van der Waals surface area contributed by atoms with Gasteiger partial charge in [0, 0.05) is 16.2 Å². The molecule has 0 saturated heterocycles. The summed E-state index contributed by atoms with van der Waals surface area (Å²) in [5.74, 6) is 1.14. The Kier molecular flexibility index (Phi) is 2.44. The smallest absolute Gasteiger partial charge is 0.156 e. The maximum atomic E-state index is 5.99. The predicted molar refractivity (Wildman–Crippen MR) is 83.9 cm³/mol. The number of aryl methyl sites for hydroxylation is 1. The molecule has 0 fully saturated rings. The fourth-order valence-corrected chi connectivity index (χ4v) is 2.63. The van der Waals surface area contributed by atoms with Gasteiger partial charge in [-0.05, 0) is 18.6 Å². The zero-order valence-corrected chi connectivity index (χ0v) is 11.5. The van der Waals surface area contributed by atoms with E-state index in [1.165, 1.54) is 0 Å². The Hall–Kier alpha value is -2.88. The third kappa shape index (κ3) is 1.76. The van der Waals surface area contributed by atoms with E-state index >= 15 is 0 Å². The van der Waals surface area contributed by atoms with Crippen molar-refractivity contribution in [1.82, 2.24) is 10.2 Å². The molecule has 0 amide bonds. The van der Waals surface area contributed by atoms with Gasteiger partial charge in [0.2, 0.25) is 0 Å². The molecule has 2 aromatic carbocycles. The van der Waals surface area contributed by atoms with Crippen molar-refractivity contribution in [1.29, 1.82) is 0 Å². The average Bonchev–Trinajstić information content (AvgIpc) is 2.93. The molecule has 0 aliphatic carbocycles. The highest BCUT2D eigenvalue weighted by atomic mass is 16.3. The van der Waals surface area contributed by atoms with Gasteiger partial charge in [0.15, 0.2) is 11.6 Å². The molecule has 0 atom stereocenters. The number of furan rings is 1. The van der Waals surface area contributed by atoms with Crippen molar-refractivity contribution in [3.05, 3.63) is 54.1 Å². The third-order valence-electron chi connectivity index (χ3n) is 3.69. The van der Waals surface area contributed by atoms with Gasteiger partial charge in [-0.25, -0.2) is 0 Å². The Morgan fingerprint density at radius 2 is 1.76 bits per heavy atom. The molecule has 0 saturated carbocycles. The molecule has 0 unspecified atom stereocenters. The molecule has 102 valence electrons. The van der Waals surface area contributed by atoms with Gasteiger partial charge < -0.3 is 10.2 Å². The first kappa shape index (κ1) is 11.9. The molecular formula is C17H13N3O. The number of benzene rings is 2. The number of nitrogens with two attached hydrogens (primary N) is 1. The maximum Gasteiger partial charge on any atom is 0.156 e. The normalized spacial score (nSPS) is 11.3. The van der Waals surface area contributed by atoms with E-state index in [-0.39, 0.29) is 0 Å². The lowest BCUT2D eigenvalue weighted by atomic mass is 10.1. The lowest BCUT2D eigenvalue weighted by Gasteiger charge is -2.04. The van der Waals surface area contributed by atoms with Gasteiger partial charge in [-0.15, -0.1) is 10.2 Å². The Bertz CT molecular complexity index is 972. The largest absolute Gasteiger partial charge is 0.454 e. The minimum atomic E-state index is 0.432. The molecule has 0 radical (unpaired) electrons. The number of aromatic nitrogens is 2. The van der Waals surface area contributed by atoms with E-state index in [9.17, 15) is 0 Å². The molecule has 0 aliphatic heterocycles. The van der Waals surface area contributed by atoms with Gasteiger partial charge in [0.25, 0.3) is 0 Å². The number of hydrogen-bond donors (Lipinski definition) is 1. The van der Waals surface area contributed by atoms with Gasteiger partial charge in [0.1, 0.15) is 11.3 Å². The number of hydrogen-bond acceptors (Lipinski definition) is 4. The standard InChI is InChI=1S/C17H13N3O/c1-10-5-4-6-11-9-14(21-16(10)11)15-12-7-2-3-8-13(12)17(18)20-19-15/h2-9H,1H3,(H2,18,20). The number of fused-ring (bicyclic) bond motifs is 2. The minimum absolute atomic E-state index is 0.432. The first-order valence-corrected chi connectivity index (χ1v) is 6.74. The maximum absolute atomic E-state index is 5.99. The summed E-state index contributed by atoms with van der Waals surface area (Å²) in [5, 5.41) is 11.2. The second-order valence-corrected chi connectivity index (χ2v) is 5.08. The van der Waals surface area contributed by atoms with Crippen LogP contribution in [0, 0.1) is 6.92 Å². The van der Waals surface area contributed by atoms with Crippen LogP contribution < -0.4 is 5.73 Å².